The molecule has 6 heteroatoms. The number of pyridine rings is 1. The lowest BCUT2D eigenvalue weighted by molar-refractivity contribution is 0.0698. The average Bonchev–Trinajstić information content (AvgIpc) is 2.74. The number of aromatic nitrogens is 1. The van der Waals surface area contributed by atoms with Gasteiger partial charge in [0.15, 0.2) is 0 Å². The number of carboxylic acids is 1. The number of nitrogens with one attached hydrogen (secondary N) is 1. The second-order valence-electron chi connectivity index (χ2n) is 6.73. The molecule has 0 amide bonds. The first-order valence-electron chi connectivity index (χ1n) is 9.25. The zero-order valence-corrected chi connectivity index (χ0v) is 15.5. The number of fused-ring (bicyclic) bond motifs is 1. The van der Waals surface area contributed by atoms with Gasteiger partial charge < -0.3 is 15.2 Å². The Balaban J connectivity index is 1.53. The Hall–Kier alpha value is -3.67. The largest absolute Gasteiger partial charge is 0.493 e. The highest BCUT2D eigenvalue weighted by molar-refractivity contribution is 5.94. The minimum absolute atomic E-state index is 0.137. The molecule has 0 saturated carbocycles. The van der Waals surface area contributed by atoms with Gasteiger partial charge in [0.05, 0.1) is 24.1 Å². The third-order valence-corrected chi connectivity index (χ3v) is 4.90. The van der Waals surface area contributed by atoms with Crippen molar-refractivity contribution in [2.45, 2.75) is 12.3 Å². The van der Waals surface area contributed by atoms with E-state index in [1.807, 2.05) is 24.3 Å². The fourth-order valence-corrected chi connectivity index (χ4v) is 3.39. The summed E-state index contributed by atoms with van der Waals surface area (Å²) in [5.41, 5.74) is 3.56. The van der Waals surface area contributed by atoms with Crippen LogP contribution in [-0.2, 0) is 0 Å². The molecule has 0 radical (unpaired) electrons. The molecule has 0 saturated heterocycles. The van der Waals surface area contributed by atoms with Crippen LogP contribution in [-0.4, -0.2) is 22.7 Å². The minimum Gasteiger partial charge on any atom is -0.493 e. The molecule has 2 N–H and O–H groups in total. The summed E-state index contributed by atoms with van der Waals surface area (Å²) in [6, 6.07) is 13.8. The average molecular weight is 390 g/mol. The highest BCUT2D eigenvalue weighted by Crippen LogP contribution is 2.37. The number of allylic oxidation sites excluding steroid dienone is 1. The molecule has 2 heterocycles. The van der Waals surface area contributed by atoms with Crippen LogP contribution >= 0.6 is 0 Å². The molecular weight excluding hydrogens is 371 g/mol. The summed E-state index contributed by atoms with van der Waals surface area (Å²) in [6.45, 7) is 0.585. The number of hydrogen-bond donors (Lipinski definition) is 2. The second-order valence-corrected chi connectivity index (χ2v) is 6.73. The molecule has 5 nitrogen and oxygen atoms in total. The summed E-state index contributed by atoms with van der Waals surface area (Å²) in [4.78, 5) is 15.3. The van der Waals surface area contributed by atoms with E-state index >= 15 is 0 Å². The fraction of sp³-hybridized carbons (Fsp3) is 0.130. The second kappa shape index (κ2) is 8.14. The summed E-state index contributed by atoms with van der Waals surface area (Å²) in [5, 5.41) is 12.3. The van der Waals surface area contributed by atoms with Crippen molar-refractivity contribution in [3.63, 3.8) is 0 Å². The normalized spacial score (nSPS) is 15.6. The van der Waals surface area contributed by atoms with Crippen LogP contribution in [0, 0.1) is 5.82 Å². The van der Waals surface area contributed by atoms with Gasteiger partial charge in [0.1, 0.15) is 11.6 Å². The van der Waals surface area contributed by atoms with E-state index in [0.29, 0.717) is 12.3 Å². The monoisotopic (exact) mass is 390 g/mol. The zero-order chi connectivity index (χ0) is 20.2. The van der Waals surface area contributed by atoms with Crippen LogP contribution in [0.3, 0.4) is 0 Å². The highest BCUT2D eigenvalue weighted by Gasteiger charge is 2.20. The number of rotatable bonds is 5. The minimum atomic E-state index is -1.01. The maximum Gasteiger partial charge on any atom is 0.337 e. The van der Waals surface area contributed by atoms with Crippen LogP contribution < -0.4 is 10.1 Å². The standard InChI is InChI=1S/C23H19FN2O3/c24-18-4-1-15(2-5-18)17-3-6-19-16(9-12-29-22(19)13-17)7-11-26-21-14-25-10-8-20(21)23(27)28/h1-8,10-11,13-14,16,26H,9,12H2,(H,27,28)/b11-7+. The molecule has 1 aromatic heterocycles. The van der Waals surface area contributed by atoms with Crippen molar-refractivity contribution in [1.29, 1.82) is 0 Å². The molecule has 0 aliphatic carbocycles. The van der Waals surface area contributed by atoms with Gasteiger partial charge in [-0.25, -0.2) is 9.18 Å². The van der Waals surface area contributed by atoms with Crippen molar-refractivity contribution >= 4 is 11.7 Å². The Bertz CT molecular complexity index is 1060. The highest BCUT2D eigenvalue weighted by atomic mass is 19.1. The Labute approximate surface area is 167 Å². The van der Waals surface area contributed by atoms with E-state index in [4.69, 9.17) is 4.74 Å². The molecule has 4 rings (SSSR count). The van der Waals surface area contributed by atoms with E-state index in [9.17, 15) is 14.3 Å². The van der Waals surface area contributed by atoms with Crippen LogP contribution in [0.5, 0.6) is 5.75 Å². The lowest BCUT2D eigenvalue weighted by Gasteiger charge is -2.24. The molecule has 0 spiro atoms. The van der Waals surface area contributed by atoms with Gasteiger partial charge >= 0.3 is 5.97 Å². The number of nitrogens with zero attached hydrogens (tertiary/aromatic N) is 1. The number of halogens is 1. The molecule has 2 aromatic carbocycles. The number of aromatic carboxylic acids is 1. The molecule has 1 aliphatic heterocycles. The van der Waals surface area contributed by atoms with Crippen molar-refractivity contribution in [3.8, 4) is 16.9 Å². The maximum absolute atomic E-state index is 13.2. The third-order valence-electron chi connectivity index (χ3n) is 4.90. The van der Waals surface area contributed by atoms with Crippen LogP contribution in [0.2, 0.25) is 0 Å². The Kier molecular flexibility index (Phi) is 5.24. The zero-order valence-electron chi connectivity index (χ0n) is 15.5. The molecule has 1 unspecified atom stereocenters. The van der Waals surface area contributed by atoms with E-state index in [-0.39, 0.29) is 17.3 Å². The van der Waals surface area contributed by atoms with Crippen molar-refractivity contribution in [2.24, 2.45) is 0 Å². The smallest absolute Gasteiger partial charge is 0.337 e. The number of carbonyl (C=O) groups is 1. The van der Waals surface area contributed by atoms with Gasteiger partial charge in [-0.05, 0) is 48.0 Å². The van der Waals surface area contributed by atoms with E-state index in [2.05, 4.69) is 10.3 Å². The Morgan fingerprint density at radius 3 is 2.76 bits per heavy atom. The Morgan fingerprint density at radius 1 is 1.17 bits per heavy atom. The predicted molar refractivity (Wildman–Crippen MR) is 109 cm³/mol. The van der Waals surface area contributed by atoms with Gasteiger partial charge in [-0.1, -0.05) is 30.3 Å². The Morgan fingerprint density at radius 2 is 1.97 bits per heavy atom. The molecule has 3 aromatic rings. The number of anilines is 1. The van der Waals surface area contributed by atoms with Crippen molar-refractivity contribution in [2.75, 3.05) is 11.9 Å². The topological polar surface area (TPSA) is 71.5 Å². The van der Waals surface area contributed by atoms with E-state index < -0.39 is 5.97 Å². The van der Waals surface area contributed by atoms with Crippen LogP contribution in [0.4, 0.5) is 10.1 Å². The number of carboxylic acid groups (broad SMARTS) is 1. The quantitative estimate of drug-likeness (QED) is 0.636. The maximum atomic E-state index is 13.2. The summed E-state index contributed by atoms with van der Waals surface area (Å²) in [5.74, 6) is -0.327. The first kappa shape index (κ1) is 18.7. The summed E-state index contributed by atoms with van der Waals surface area (Å²) >= 11 is 0. The number of ether oxygens (including phenoxy) is 1. The van der Waals surface area contributed by atoms with Crippen LogP contribution in [0.1, 0.15) is 28.3 Å². The van der Waals surface area contributed by atoms with Crippen molar-refractivity contribution < 1.29 is 19.0 Å². The third kappa shape index (κ3) is 4.11. The fourth-order valence-electron chi connectivity index (χ4n) is 3.39. The number of benzene rings is 2. The molecule has 0 bridgehead atoms. The van der Waals surface area contributed by atoms with E-state index in [1.54, 1.807) is 18.3 Å². The van der Waals surface area contributed by atoms with E-state index in [1.165, 1.54) is 30.6 Å². The van der Waals surface area contributed by atoms with Crippen molar-refractivity contribution in [1.82, 2.24) is 4.98 Å². The lowest BCUT2D eigenvalue weighted by atomic mass is 9.91. The molecule has 1 atom stereocenters. The molecule has 1 aliphatic rings. The van der Waals surface area contributed by atoms with Gasteiger partial charge in [-0.3, -0.25) is 4.98 Å². The number of hydrogen-bond acceptors (Lipinski definition) is 4. The molecule has 29 heavy (non-hydrogen) atoms. The summed E-state index contributed by atoms with van der Waals surface area (Å²) < 4.78 is 19.0. The van der Waals surface area contributed by atoms with E-state index in [0.717, 1.165) is 28.9 Å². The first-order chi connectivity index (χ1) is 14.1. The van der Waals surface area contributed by atoms with Gasteiger partial charge in [0.2, 0.25) is 0 Å². The van der Waals surface area contributed by atoms with Gasteiger partial charge in [-0.15, -0.1) is 0 Å². The van der Waals surface area contributed by atoms with Crippen LogP contribution in [0.25, 0.3) is 11.1 Å². The first-order valence-corrected chi connectivity index (χ1v) is 9.25. The predicted octanol–water partition coefficient (Wildman–Crippen LogP) is 5.08. The SMILES string of the molecule is O=C(O)c1ccncc1N/C=C/C1CCOc2cc(-c3ccc(F)cc3)ccc21. The molecular formula is C23H19FN2O3. The van der Waals surface area contributed by atoms with Gasteiger partial charge in [-0.2, -0.15) is 0 Å². The summed E-state index contributed by atoms with van der Waals surface area (Å²) in [6.07, 6.45) is 7.50. The van der Waals surface area contributed by atoms with Crippen LogP contribution in [0.15, 0.2) is 73.2 Å². The molecule has 146 valence electrons. The summed E-state index contributed by atoms with van der Waals surface area (Å²) in [7, 11) is 0. The lowest BCUT2D eigenvalue weighted by Crippen LogP contribution is -2.13. The van der Waals surface area contributed by atoms with Gasteiger partial charge in [0.25, 0.3) is 0 Å². The molecule has 0 fully saturated rings. The van der Waals surface area contributed by atoms with Crippen molar-refractivity contribution in [3.05, 3.63) is 90.1 Å². The van der Waals surface area contributed by atoms with Gasteiger partial charge in [0, 0.05) is 17.7 Å².